The van der Waals surface area contributed by atoms with E-state index >= 15 is 0 Å². The first kappa shape index (κ1) is 34.6. The first-order chi connectivity index (χ1) is 23.1. The molecule has 0 aliphatic heterocycles. The molecule has 48 heavy (non-hydrogen) atoms. The highest BCUT2D eigenvalue weighted by molar-refractivity contribution is 7.92. The van der Waals surface area contributed by atoms with Crippen LogP contribution in [0, 0.1) is 12.7 Å². The lowest BCUT2D eigenvalue weighted by Crippen LogP contribution is -2.54. The largest absolute Gasteiger partial charge is 0.494 e. The van der Waals surface area contributed by atoms with Gasteiger partial charge in [-0.05, 0) is 86.3 Å². The zero-order valence-electron chi connectivity index (χ0n) is 27.3. The number of hydrogen-bond donors (Lipinski definition) is 1. The zero-order chi connectivity index (χ0) is 34.1. The molecule has 252 valence electrons. The van der Waals surface area contributed by atoms with Crippen LogP contribution in [0.1, 0.15) is 49.3 Å². The molecule has 0 spiro atoms. The topological polar surface area (TPSA) is 96.0 Å². The lowest BCUT2D eigenvalue weighted by atomic mass is 10.0. The van der Waals surface area contributed by atoms with Gasteiger partial charge in [0.1, 0.15) is 24.2 Å². The molecule has 4 aromatic rings. The van der Waals surface area contributed by atoms with Crippen molar-refractivity contribution in [3.63, 3.8) is 0 Å². The molecule has 10 heteroatoms. The molecule has 0 aromatic heterocycles. The summed E-state index contributed by atoms with van der Waals surface area (Å²) in [7, 11) is -4.23. The maximum absolute atomic E-state index is 14.6. The van der Waals surface area contributed by atoms with Gasteiger partial charge in [0.25, 0.3) is 10.0 Å². The smallest absolute Gasteiger partial charge is 0.264 e. The van der Waals surface area contributed by atoms with Crippen molar-refractivity contribution >= 4 is 27.5 Å². The Morgan fingerprint density at radius 1 is 0.875 bits per heavy atom. The van der Waals surface area contributed by atoms with Gasteiger partial charge in [-0.1, -0.05) is 73.0 Å². The summed E-state index contributed by atoms with van der Waals surface area (Å²) in [4.78, 5) is 30.2. The fraction of sp³-hybridized carbons (Fsp3) is 0.316. The molecule has 1 aliphatic rings. The number of benzene rings is 4. The summed E-state index contributed by atoms with van der Waals surface area (Å²) in [5, 5.41) is 3.16. The van der Waals surface area contributed by atoms with Crippen molar-refractivity contribution in [1.82, 2.24) is 10.2 Å². The summed E-state index contributed by atoms with van der Waals surface area (Å²) >= 11 is 0. The molecule has 1 unspecified atom stereocenters. The molecule has 8 nitrogen and oxygen atoms in total. The summed E-state index contributed by atoms with van der Waals surface area (Å²) < 4.78 is 49.0. The van der Waals surface area contributed by atoms with Gasteiger partial charge >= 0.3 is 0 Å². The Morgan fingerprint density at radius 3 is 2.15 bits per heavy atom. The number of aryl methyl sites for hydroxylation is 1. The van der Waals surface area contributed by atoms with Gasteiger partial charge in [-0.3, -0.25) is 13.9 Å². The number of anilines is 1. The van der Waals surface area contributed by atoms with Crippen molar-refractivity contribution in [2.24, 2.45) is 0 Å². The van der Waals surface area contributed by atoms with E-state index in [1.54, 1.807) is 48.5 Å². The first-order valence-electron chi connectivity index (χ1n) is 16.3. The molecule has 0 heterocycles. The van der Waals surface area contributed by atoms with Gasteiger partial charge in [0.2, 0.25) is 11.8 Å². The van der Waals surface area contributed by atoms with Crippen molar-refractivity contribution < 1.29 is 27.1 Å². The zero-order valence-corrected chi connectivity index (χ0v) is 28.2. The minimum absolute atomic E-state index is 0.000754. The van der Waals surface area contributed by atoms with Crippen LogP contribution in [0.3, 0.4) is 0 Å². The molecule has 0 bridgehead atoms. The number of nitrogens with zero attached hydrogens (tertiary/aromatic N) is 2. The second-order valence-corrected chi connectivity index (χ2v) is 14.0. The molecular weight excluding hydrogens is 629 g/mol. The quantitative estimate of drug-likeness (QED) is 0.167. The monoisotopic (exact) mass is 671 g/mol. The molecule has 2 amide bonds. The second-order valence-electron chi connectivity index (χ2n) is 12.1. The molecule has 5 rings (SSSR count). The third-order valence-corrected chi connectivity index (χ3v) is 10.4. The SMILES string of the molecule is CCOc1ccc(N(CC(=O)N(Cc2ccc(F)cc2)C(Cc2ccccc2)C(=O)NC2CCCC2)S(=O)(=O)c2ccc(C)cc2)cc1. The van der Waals surface area contributed by atoms with E-state index in [-0.39, 0.29) is 35.5 Å². The minimum atomic E-state index is -4.23. The van der Waals surface area contributed by atoms with Crippen LogP contribution >= 0.6 is 0 Å². The highest BCUT2D eigenvalue weighted by atomic mass is 32.2. The fourth-order valence-electron chi connectivity index (χ4n) is 5.95. The Hall–Kier alpha value is -4.70. The summed E-state index contributed by atoms with van der Waals surface area (Å²) in [6.45, 7) is 3.54. The van der Waals surface area contributed by atoms with Crippen LogP contribution < -0.4 is 14.4 Å². The molecule has 1 atom stereocenters. The number of nitrogens with one attached hydrogen (secondary N) is 1. The van der Waals surface area contributed by atoms with Crippen LogP contribution in [-0.4, -0.2) is 50.4 Å². The van der Waals surface area contributed by atoms with Gasteiger partial charge in [0.15, 0.2) is 0 Å². The van der Waals surface area contributed by atoms with Gasteiger partial charge in [-0.2, -0.15) is 0 Å². The summed E-state index contributed by atoms with van der Waals surface area (Å²) in [5.74, 6) is -0.756. The maximum Gasteiger partial charge on any atom is 0.264 e. The Morgan fingerprint density at radius 2 is 1.52 bits per heavy atom. The van der Waals surface area contributed by atoms with E-state index < -0.39 is 34.3 Å². The number of halogens is 1. The number of carbonyl (C=O) groups is 2. The molecule has 0 saturated heterocycles. The summed E-state index contributed by atoms with van der Waals surface area (Å²) in [6.07, 6.45) is 3.95. The Labute approximate surface area is 282 Å². The highest BCUT2D eigenvalue weighted by Gasteiger charge is 2.35. The minimum Gasteiger partial charge on any atom is -0.494 e. The highest BCUT2D eigenvalue weighted by Crippen LogP contribution is 2.28. The number of carbonyl (C=O) groups excluding carboxylic acids is 2. The van der Waals surface area contributed by atoms with Gasteiger partial charge < -0.3 is 15.0 Å². The number of amides is 2. The van der Waals surface area contributed by atoms with E-state index in [4.69, 9.17) is 4.74 Å². The standard InChI is InChI=1S/C38H42FN3O5S/c1-3-47-34-21-19-33(20-22-34)42(48(45,46)35-23-13-28(2)14-24-35)27-37(43)41(26-30-15-17-31(39)18-16-30)36(25-29-9-5-4-6-10-29)38(44)40-32-11-7-8-12-32/h4-6,9-10,13-24,32,36H,3,7-8,11-12,25-27H2,1-2H3,(H,40,44). The normalized spacial score (nSPS) is 13.9. The number of sulfonamides is 1. The third-order valence-electron chi connectivity index (χ3n) is 8.56. The van der Waals surface area contributed by atoms with Crippen molar-refractivity contribution in [2.45, 2.75) is 69.5 Å². The number of ether oxygens (including phenoxy) is 1. The molecule has 1 saturated carbocycles. The molecule has 1 N–H and O–H groups in total. The number of hydrogen-bond acceptors (Lipinski definition) is 5. The average molecular weight is 672 g/mol. The van der Waals surface area contributed by atoms with Crippen molar-refractivity contribution in [3.8, 4) is 5.75 Å². The van der Waals surface area contributed by atoms with E-state index in [1.165, 1.54) is 29.2 Å². The number of rotatable bonds is 14. The Balaban J connectivity index is 1.56. The van der Waals surface area contributed by atoms with Crippen LogP contribution in [0.2, 0.25) is 0 Å². The van der Waals surface area contributed by atoms with E-state index in [0.29, 0.717) is 17.9 Å². The summed E-state index contributed by atoms with van der Waals surface area (Å²) in [6, 6.07) is 27.1. The molecular formula is C38H42FN3O5S. The molecule has 0 radical (unpaired) electrons. The van der Waals surface area contributed by atoms with E-state index in [9.17, 15) is 22.4 Å². The molecule has 1 aliphatic carbocycles. The summed E-state index contributed by atoms with van der Waals surface area (Å²) in [5.41, 5.74) is 2.60. The molecule has 4 aromatic carbocycles. The van der Waals surface area contributed by atoms with E-state index in [1.807, 2.05) is 44.2 Å². The average Bonchev–Trinajstić information content (AvgIpc) is 3.60. The third kappa shape index (κ3) is 8.80. The van der Waals surface area contributed by atoms with Crippen LogP contribution in [0.15, 0.2) is 108 Å². The van der Waals surface area contributed by atoms with Crippen molar-refractivity contribution in [3.05, 3.63) is 126 Å². The van der Waals surface area contributed by atoms with Crippen LogP contribution in [-0.2, 0) is 32.6 Å². The maximum atomic E-state index is 14.6. The predicted octanol–water partition coefficient (Wildman–Crippen LogP) is 6.43. The van der Waals surface area contributed by atoms with Crippen LogP contribution in [0.25, 0.3) is 0 Å². The Kier molecular flexibility index (Phi) is 11.5. The van der Waals surface area contributed by atoms with Gasteiger partial charge in [0, 0.05) is 19.0 Å². The van der Waals surface area contributed by atoms with Crippen molar-refractivity contribution in [2.75, 3.05) is 17.5 Å². The Bertz CT molecular complexity index is 1760. The van der Waals surface area contributed by atoms with Crippen LogP contribution in [0.5, 0.6) is 5.75 Å². The first-order valence-corrected chi connectivity index (χ1v) is 17.8. The molecule has 1 fully saturated rings. The van der Waals surface area contributed by atoms with E-state index in [0.717, 1.165) is 41.1 Å². The lowest BCUT2D eigenvalue weighted by Gasteiger charge is -2.34. The predicted molar refractivity (Wildman–Crippen MR) is 185 cm³/mol. The lowest BCUT2D eigenvalue weighted by molar-refractivity contribution is -0.140. The van der Waals surface area contributed by atoms with Gasteiger partial charge in [0.05, 0.1) is 17.2 Å². The van der Waals surface area contributed by atoms with Crippen LogP contribution in [0.4, 0.5) is 10.1 Å². The fourth-order valence-corrected chi connectivity index (χ4v) is 7.36. The van der Waals surface area contributed by atoms with Gasteiger partial charge in [-0.15, -0.1) is 0 Å². The van der Waals surface area contributed by atoms with Gasteiger partial charge in [-0.25, -0.2) is 12.8 Å². The van der Waals surface area contributed by atoms with E-state index in [2.05, 4.69) is 5.32 Å². The second kappa shape index (κ2) is 15.9. The van der Waals surface area contributed by atoms with Crippen molar-refractivity contribution in [1.29, 1.82) is 0 Å².